The molecule has 0 N–H and O–H groups in total. The van der Waals surface area contributed by atoms with E-state index in [9.17, 15) is 4.79 Å². The second-order valence-corrected chi connectivity index (χ2v) is 7.61. The molecule has 0 aliphatic heterocycles. The Balaban J connectivity index is 2.06. The topological polar surface area (TPSA) is 34.9 Å². The molecule has 0 unspecified atom stereocenters. The van der Waals surface area contributed by atoms with Gasteiger partial charge in [0.25, 0.3) is 5.56 Å². The molecule has 2 aromatic carbocycles. The van der Waals surface area contributed by atoms with Crippen molar-refractivity contribution in [3.05, 3.63) is 91.2 Å². The first kappa shape index (κ1) is 17.7. The molecule has 0 saturated heterocycles. The van der Waals surface area contributed by atoms with Gasteiger partial charge in [0.2, 0.25) is 0 Å². The summed E-state index contributed by atoms with van der Waals surface area (Å²) in [6.07, 6.45) is 2.47. The molecule has 0 saturated carbocycles. The van der Waals surface area contributed by atoms with E-state index in [0.29, 0.717) is 5.39 Å². The van der Waals surface area contributed by atoms with Crippen LogP contribution in [-0.2, 0) is 6.42 Å². The van der Waals surface area contributed by atoms with Crippen LogP contribution in [0.15, 0.2) is 69.5 Å². The van der Waals surface area contributed by atoms with Crippen molar-refractivity contribution in [3.8, 4) is 17.5 Å². The minimum absolute atomic E-state index is 0.0505. The summed E-state index contributed by atoms with van der Waals surface area (Å²) in [6, 6.07) is 15.5. The van der Waals surface area contributed by atoms with Crippen LogP contribution in [0, 0.1) is 11.8 Å². The zero-order chi connectivity index (χ0) is 18.8. The average molecular weight is 435 g/mol. The first-order valence-electron chi connectivity index (χ1n) is 8.52. The summed E-state index contributed by atoms with van der Waals surface area (Å²) in [4.78, 5) is 18.4. The summed E-state index contributed by atoms with van der Waals surface area (Å²) in [7, 11) is 0. The third-order valence-electron chi connectivity index (χ3n) is 4.34. The number of pyridine rings is 1. The molecule has 2 aromatic heterocycles. The SMILES string of the molecule is CCc1c(Br)c2cccc(C#Cc3cncs3)c2c(=O)n1-c1ccccc1. The lowest BCUT2D eigenvalue weighted by molar-refractivity contribution is 0.881. The molecule has 132 valence electrons. The van der Waals surface area contributed by atoms with Crippen LogP contribution in [0.25, 0.3) is 16.5 Å². The molecular weight excluding hydrogens is 420 g/mol. The number of rotatable bonds is 2. The summed E-state index contributed by atoms with van der Waals surface area (Å²) in [5.41, 5.74) is 4.22. The van der Waals surface area contributed by atoms with E-state index in [2.05, 4.69) is 39.7 Å². The normalized spacial score (nSPS) is 10.6. The number of fused-ring (bicyclic) bond motifs is 1. The number of nitrogens with zero attached hydrogens (tertiary/aromatic N) is 2. The van der Waals surface area contributed by atoms with Gasteiger partial charge in [0.15, 0.2) is 0 Å². The quantitative estimate of drug-likeness (QED) is 0.407. The predicted molar refractivity (Wildman–Crippen MR) is 115 cm³/mol. The molecule has 0 aliphatic carbocycles. The van der Waals surface area contributed by atoms with Crippen molar-refractivity contribution in [2.24, 2.45) is 0 Å². The Morgan fingerprint density at radius 2 is 1.93 bits per heavy atom. The third kappa shape index (κ3) is 3.23. The van der Waals surface area contributed by atoms with Gasteiger partial charge in [-0.15, -0.1) is 11.3 Å². The van der Waals surface area contributed by atoms with Crippen LogP contribution in [-0.4, -0.2) is 9.55 Å². The molecule has 0 bridgehead atoms. The zero-order valence-electron chi connectivity index (χ0n) is 14.6. The largest absolute Gasteiger partial charge is 0.280 e. The number of para-hydroxylation sites is 1. The van der Waals surface area contributed by atoms with Gasteiger partial charge in [0.1, 0.15) is 0 Å². The van der Waals surface area contributed by atoms with Crippen LogP contribution in [0.5, 0.6) is 0 Å². The molecule has 4 aromatic rings. The van der Waals surface area contributed by atoms with E-state index in [1.54, 1.807) is 16.3 Å². The average Bonchev–Trinajstić information content (AvgIpc) is 3.23. The van der Waals surface area contributed by atoms with Crippen LogP contribution >= 0.6 is 27.3 Å². The maximum atomic E-state index is 13.5. The molecule has 0 amide bonds. The Morgan fingerprint density at radius 1 is 1.11 bits per heavy atom. The first-order valence-corrected chi connectivity index (χ1v) is 10.2. The predicted octanol–water partition coefficient (Wildman–Crippen LogP) is 5.17. The Bertz CT molecular complexity index is 1230. The lowest BCUT2D eigenvalue weighted by Crippen LogP contribution is -2.23. The Kier molecular flexibility index (Phi) is 4.93. The summed E-state index contributed by atoms with van der Waals surface area (Å²) in [5, 5.41) is 1.52. The lowest BCUT2D eigenvalue weighted by Gasteiger charge is -2.16. The molecule has 0 spiro atoms. The number of halogens is 1. The fourth-order valence-electron chi connectivity index (χ4n) is 3.13. The van der Waals surface area contributed by atoms with Gasteiger partial charge in [-0.3, -0.25) is 14.3 Å². The summed E-state index contributed by atoms with van der Waals surface area (Å²) < 4.78 is 2.72. The lowest BCUT2D eigenvalue weighted by atomic mass is 10.0. The minimum Gasteiger partial charge on any atom is -0.280 e. The summed E-state index contributed by atoms with van der Waals surface area (Å²) in [5.74, 6) is 6.27. The number of thiazole rings is 1. The van der Waals surface area contributed by atoms with Gasteiger partial charge >= 0.3 is 0 Å². The summed E-state index contributed by atoms with van der Waals surface area (Å²) in [6.45, 7) is 2.05. The molecule has 4 rings (SSSR count). The summed E-state index contributed by atoms with van der Waals surface area (Å²) >= 11 is 5.22. The maximum Gasteiger partial charge on any atom is 0.264 e. The van der Waals surface area contributed by atoms with Crippen LogP contribution in [0.1, 0.15) is 23.1 Å². The monoisotopic (exact) mass is 434 g/mol. The maximum absolute atomic E-state index is 13.5. The van der Waals surface area contributed by atoms with E-state index >= 15 is 0 Å². The van der Waals surface area contributed by atoms with Gasteiger partial charge in [-0.2, -0.15) is 0 Å². The first-order chi connectivity index (χ1) is 13.2. The van der Waals surface area contributed by atoms with Gasteiger partial charge in [0.05, 0.1) is 22.0 Å². The second-order valence-electron chi connectivity index (χ2n) is 5.93. The molecule has 2 heterocycles. The highest BCUT2D eigenvalue weighted by Gasteiger charge is 2.17. The van der Waals surface area contributed by atoms with Crippen LogP contribution in [0.4, 0.5) is 0 Å². The van der Waals surface area contributed by atoms with Gasteiger partial charge in [-0.1, -0.05) is 43.2 Å². The van der Waals surface area contributed by atoms with E-state index in [0.717, 1.165) is 38.1 Å². The van der Waals surface area contributed by atoms with E-state index in [4.69, 9.17) is 0 Å². The highest BCUT2D eigenvalue weighted by atomic mass is 79.9. The molecular formula is C22H15BrN2OS. The molecule has 0 aliphatic rings. The Labute approximate surface area is 169 Å². The third-order valence-corrected chi connectivity index (χ3v) is 5.92. The fraction of sp³-hybridized carbons (Fsp3) is 0.0909. The molecule has 0 radical (unpaired) electrons. The standard InChI is InChI=1S/C22H15BrN2OS/c1-2-19-21(23)18-10-6-7-15(11-12-17-13-24-14-27-17)20(18)22(26)25(19)16-8-4-3-5-9-16/h3-10,13-14H,2H2,1H3. The van der Waals surface area contributed by atoms with Crippen LogP contribution in [0.3, 0.4) is 0 Å². The van der Waals surface area contributed by atoms with Gasteiger partial charge in [0, 0.05) is 26.8 Å². The number of hydrogen-bond donors (Lipinski definition) is 0. The van der Waals surface area contributed by atoms with E-state index in [-0.39, 0.29) is 5.56 Å². The van der Waals surface area contributed by atoms with Crippen molar-refractivity contribution in [3.63, 3.8) is 0 Å². The Morgan fingerprint density at radius 3 is 2.63 bits per heavy atom. The van der Waals surface area contributed by atoms with Crippen LogP contribution < -0.4 is 5.56 Å². The van der Waals surface area contributed by atoms with E-state index in [1.807, 2.05) is 48.5 Å². The van der Waals surface area contributed by atoms with E-state index < -0.39 is 0 Å². The van der Waals surface area contributed by atoms with Crippen molar-refractivity contribution in [1.29, 1.82) is 0 Å². The number of benzene rings is 2. The molecule has 3 nitrogen and oxygen atoms in total. The van der Waals surface area contributed by atoms with Crippen molar-refractivity contribution in [2.75, 3.05) is 0 Å². The second kappa shape index (κ2) is 7.51. The molecule has 0 atom stereocenters. The highest BCUT2D eigenvalue weighted by molar-refractivity contribution is 9.10. The Hall–Kier alpha value is -2.68. The molecule has 27 heavy (non-hydrogen) atoms. The zero-order valence-corrected chi connectivity index (χ0v) is 17.0. The molecule has 5 heteroatoms. The van der Waals surface area contributed by atoms with Crippen molar-refractivity contribution in [1.82, 2.24) is 9.55 Å². The smallest absolute Gasteiger partial charge is 0.264 e. The minimum atomic E-state index is -0.0505. The van der Waals surface area contributed by atoms with Gasteiger partial charge in [-0.25, -0.2) is 0 Å². The van der Waals surface area contributed by atoms with Gasteiger partial charge < -0.3 is 0 Å². The van der Waals surface area contributed by atoms with E-state index in [1.165, 1.54) is 11.3 Å². The fourth-order valence-corrected chi connectivity index (χ4v) is 4.38. The van der Waals surface area contributed by atoms with Crippen LogP contribution in [0.2, 0.25) is 0 Å². The highest BCUT2D eigenvalue weighted by Crippen LogP contribution is 2.29. The van der Waals surface area contributed by atoms with Crippen molar-refractivity contribution in [2.45, 2.75) is 13.3 Å². The number of hydrogen-bond acceptors (Lipinski definition) is 3. The number of aromatic nitrogens is 2. The van der Waals surface area contributed by atoms with Crippen molar-refractivity contribution < 1.29 is 0 Å². The molecule has 0 fully saturated rings. The van der Waals surface area contributed by atoms with Crippen molar-refractivity contribution >= 4 is 38.0 Å². The van der Waals surface area contributed by atoms with Gasteiger partial charge in [-0.05, 0) is 46.5 Å².